The summed E-state index contributed by atoms with van der Waals surface area (Å²) in [6.45, 7) is 4.08. The summed E-state index contributed by atoms with van der Waals surface area (Å²) in [5, 5.41) is 11.7. The fraction of sp³-hybridized carbons (Fsp3) is 0.857. The maximum absolute atomic E-state index is 12.0. The third-order valence-electron chi connectivity index (χ3n) is 3.75. The zero-order chi connectivity index (χ0) is 15.1. The maximum atomic E-state index is 12.0. The third kappa shape index (κ3) is 5.46. The molecule has 1 aliphatic rings. The number of hydrogen-bond donors (Lipinski definition) is 3. The van der Waals surface area contributed by atoms with Gasteiger partial charge in [0.1, 0.15) is 6.10 Å². The standard InChI is InChI=1S/C14H26N2O4/c1-9(14(18)19)4-3-5-10(2)16-13(17)12-7-6-11(8-15)20-12/h9-12H,3-8,15H2,1-2H3,(H,16,17)(H,18,19). The van der Waals surface area contributed by atoms with Crippen LogP contribution in [0.25, 0.3) is 0 Å². The number of carboxylic acid groups (broad SMARTS) is 1. The van der Waals surface area contributed by atoms with Crippen LogP contribution in [0.5, 0.6) is 0 Å². The van der Waals surface area contributed by atoms with Crippen molar-refractivity contribution in [2.75, 3.05) is 6.54 Å². The van der Waals surface area contributed by atoms with Crippen LogP contribution in [0.2, 0.25) is 0 Å². The largest absolute Gasteiger partial charge is 0.481 e. The van der Waals surface area contributed by atoms with Crippen molar-refractivity contribution in [2.45, 2.75) is 64.2 Å². The molecule has 0 aliphatic carbocycles. The molecule has 20 heavy (non-hydrogen) atoms. The molecule has 1 aliphatic heterocycles. The maximum Gasteiger partial charge on any atom is 0.306 e. The summed E-state index contributed by atoms with van der Waals surface area (Å²) in [5.41, 5.74) is 5.51. The van der Waals surface area contributed by atoms with Gasteiger partial charge in [0.25, 0.3) is 0 Å². The van der Waals surface area contributed by atoms with Gasteiger partial charge in [0, 0.05) is 12.6 Å². The lowest BCUT2D eigenvalue weighted by Crippen LogP contribution is -2.40. The molecule has 4 N–H and O–H groups in total. The molecule has 0 spiro atoms. The first-order chi connectivity index (χ1) is 9.43. The second-order valence-corrected chi connectivity index (χ2v) is 5.64. The number of ether oxygens (including phenoxy) is 1. The number of nitrogens with two attached hydrogens (primary N) is 1. The first kappa shape index (κ1) is 16.9. The Morgan fingerprint density at radius 3 is 2.60 bits per heavy atom. The zero-order valence-electron chi connectivity index (χ0n) is 12.3. The fourth-order valence-corrected chi connectivity index (χ4v) is 2.33. The van der Waals surface area contributed by atoms with E-state index in [1.807, 2.05) is 6.92 Å². The van der Waals surface area contributed by atoms with Gasteiger partial charge in [-0.2, -0.15) is 0 Å². The van der Waals surface area contributed by atoms with E-state index in [0.717, 1.165) is 25.7 Å². The summed E-state index contributed by atoms with van der Waals surface area (Å²) in [6.07, 6.45) is 3.35. The Morgan fingerprint density at radius 1 is 1.35 bits per heavy atom. The highest BCUT2D eigenvalue weighted by Gasteiger charge is 2.30. The second kappa shape index (κ2) is 8.21. The fourth-order valence-electron chi connectivity index (χ4n) is 2.33. The summed E-state index contributed by atoms with van der Waals surface area (Å²) in [7, 11) is 0. The van der Waals surface area contributed by atoms with E-state index in [4.69, 9.17) is 15.6 Å². The molecule has 0 bridgehead atoms. The molecular formula is C14H26N2O4. The number of carbonyl (C=O) groups is 2. The monoisotopic (exact) mass is 286 g/mol. The van der Waals surface area contributed by atoms with E-state index in [2.05, 4.69) is 5.32 Å². The van der Waals surface area contributed by atoms with E-state index in [9.17, 15) is 9.59 Å². The van der Waals surface area contributed by atoms with Crippen molar-refractivity contribution in [2.24, 2.45) is 11.7 Å². The van der Waals surface area contributed by atoms with Crippen molar-refractivity contribution in [1.82, 2.24) is 5.32 Å². The number of carbonyl (C=O) groups excluding carboxylic acids is 1. The van der Waals surface area contributed by atoms with Gasteiger partial charge in [-0.25, -0.2) is 0 Å². The van der Waals surface area contributed by atoms with Gasteiger partial charge in [-0.15, -0.1) is 0 Å². The SMILES string of the molecule is CC(CCCC(C)C(=O)O)NC(=O)C1CCC(CN)O1. The van der Waals surface area contributed by atoms with Crippen LogP contribution in [0, 0.1) is 5.92 Å². The molecular weight excluding hydrogens is 260 g/mol. The molecule has 4 unspecified atom stereocenters. The van der Waals surface area contributed by atoms with Crippen LogP contribution < -0.4 is 11.1 Å². The topological polar surface area (TPSA) is 102 Å². The van der Waals surface area contributed by atoms with E-state index >= 15 is 0 Å². The zero-order valence-corrected chi connectivity index (χ0v) is 12.3. The molecule has 1 heterocycles. The molecule has 0 saturated carbocycles. The van der Waals surface area contributed by atoms with Crippen LogP contribution >= 0.6 is 0 Å². The quantitative estimate of drug-likeness (QED) is 0.615. The Kier molecular flexibility index (Phi) is 6.95. The van der Waals surface area contributed by atoms with Crippen LogP contribution in [0.4, 0.5) is 0 Å². The number of amides is 1. The molecule has 0 aromatic carbocycles. The van der Waals surface area contributed by atoms with Crippen molar-refractivity contribution in [1.29, 1.82) is 0 Å². The number of carboxylic acids is 1. The highest BCUT2D eigenvalue weighted by atomic mass is 16.5. The normalized spacial score (nSPS) is 25.1. The predicted octanol–water partition coefficient (Wildman–Crippen LogP) is 0.888. The average Bonchev–Trinajstić information content (AvgIpc) is 2.87. The molecule has 1 amide bonds. The number of rotatable bonds is 8. The highest BCUT2D eigenvalue weighted by Crippen LogP contribution is 2.19. The molecule has 6 nitrogen and oxygen atoms in total. The second-order valence-electron chi connectivity index (χ2n) is 5.64. The smallest absolute Gasteiger partial charge is 0.306 e. The minimum Gasteiger partial charge on any atom is -0.481 e. The van der Waals surface area contributed by atoms with Gasteiger partial charge in [-0.05, 0) is 32.6 Å². The van der Waals surface area contributed by atoms with Gasteiger partial charge < -0.3 is 20.9 Å². The third-order valence-corrected chi connectivity index (χ3v) is 3.75. The van der Waals surface area contributed by atoms with E-state index < -0.39 is 5.97 Å². The van der Waals surface area contributed by atoms with Gasteiger partial charge in [0.2, 0.25) is 5.91 Å². The lowest BCUT2D eigenvalue weighted by Gasteiger charge is -2.18. The first-order valence-electron chi connectivity index (χ1n) is 7.32. The minimum absolute atomic E-state index is 0.00234. The summed E-state index contributed by atoms with van der Waals surface area (Å²) < 4.78 is 5.53. The minimum atomic E-state index is -0.770. The summed E-state index contributed by atoms with van der Waals surface area (Å²) in [6, 6.07) is 0.0315. The molecule has 116 valence electrons. The van der Waals surface area contributed by atoms with E-state index in [1.54, 1.807) is 6.92 Å². The molecule has 0 aromatic rings. The van der Waals surface area contributed by atoms with Crippen LogP contribution in [-0.4, -0.2) is 41.8 Å². The van der Waals surface area contributed by atoms with Crippen molar-refractivity contribution in [3.63, 3.8) is 0 Å². The Labute approximate surface area is 120 Å². The Hall–Kier alpha value is -1.14. The van der Waals surface area contributed by atoms with Crippen molar-refractivity contribution < 1.29 is 19.4 Å². The molecule has 6 heteroatoms. The van der Waals surface area contributed by atoms with Gasteiger partial charge in [0.05, 0.1) is 12.0 Å². The molecule has 4 atom stereocenters. The number of nitrogens with one attached hydrogen (secondary N) is 1. The summed E-state index contributed by atoms with van der Waals surface area (Å²) in [4.78, 5) is 22.6. The Bertz CT molecular complexity index is 335. The Morgan fingerprint density at radius 2 is 2.05 bits per heavy atom. The summed E-state index contributed by atoms with van der Waals surface area (Å²) in [5.74, 6) is -1.19. The van der Waals surface area contributed by atoms with Gasteiger partial charge in [-0.3, -0.25) is 9.59 Å². The van der Waals surface area contributed by atoms with Crippen molar-refractivity contribution >= 4 is 11.9 Å². The molecule has 1 fully saturated rings. The Balaban J connectivity index is 2.20. The number of hydrogen-bond acceptors (Lipinski definition) is 4. The van der Waals surface area contributed by atoms with E-state index in [1.165, 1.54) is 0 Å². The van der Waals surface area contributed by atoms with Crippen molar-refractivity contribution in [3.05, 3.63) is 0 Å². The lowest BCUT2D eigenvalue weighted by atomic mass is 10.0. The van der Waals surface area contributed by atoms with E-state index in [-0.39, 0.29) is 30.1 Å². The number of aliphatic carboxylic acids is 1. The van der Waals surface area contributed by atoms with E-state index in [0.29, 0.717) is 13.0 Å². The first-order valence-corrected chi connectivity index (χ1v) is 7.32. The van der Waals surface area contributed by atoms with Gasteiger partial charge in [-0.1, -0.05) is 13.3 Å². The molecule has 0 aromatic heterocycles. The van der Waals surface area contributed by atoms with Gasteiger partial charge >= 0.3 is 5.97 Å². The van der Waals surface area contributed by atoms with Crippen LogP contribution in [0.1, 0.15) is 46.0 Å². The highest BCUT2D eigenvalue weighted by molar-refractivity contribution is 5.81. The van der Waals surface area contributed by atoms with Crippen molar-refractivity contribution in [3.8, 4) is 0 Å². The lowest BCUT2D eigenvalue weighted by molar-refractivity contribution is -0.141. The van der Waals surface area contributed by atoms with Crippen LogP contribution in [-0.2, 0) is 14.3 Å². The van der Waals surface area contributed by atoms with Gasteiger partial charge in [0.15, 0.2) is 0 Å². The van der Waals surface area contributed by atoms with Crippen LogP contribution in [0.15, 0.2) is 0 Å². The predicted molar refractivity (Wildman–Crippen MR) is 75.2 cm³/mol. The molecule has 1 rings (SSSR count). The average molecular weight is 286 g/mol. The van der Waals surface area contributed by atoms with Crippen LogP contribution in [0.3, 0.4) is 0 Å². The molecule has 0 radical (unpaired) electrons. The summed E-state index contributed by atoms with van der Waals surface area (Å²) >= 11 is 0. The molecule has 1 saturated heterocycles.